The summed E-state index contributed by atoms with van der Waals surface area (Å²) in [4.78, 5) is 52.4. The number of allylic oxidation sites excluding steroid dienone is 2. The minimum atomic E-state index is -1.02. The number of hydrogen-bond donors (Lipinski definition) is 1. The first kappa shape index (κ1) is 21.3. The summed E-state index contributed by atoms with van der Waals surface area (Å²) in [6.07, 6.45) is 4.86. The van der Waals surface area contributed by atoms with E-state index >= 15 is 0 Å². The van der Waals surface area contributed by atoms with E-state index in [0.717, 1.165) is 16.9 Å². The number of fused-ring (bicyclic) bond motifs is 5. The Bertz CT molecular complexity index is 895. The molecule has 1 aromatic rings. The number of carbonyl (C=O) groups excluding carboxylic acids is 4. The second-order valence-corrected chi connectivity index (χ2v) is 9.04. The van der Waals surface area contributed by atoms with Gasteiger partial charge in [-0.05, 0) is 36.7 Å². The monoisotopic (exact) mass is 424 g/mol. The SMILES string of the molecule is CC(C)[C@@H](C(=O)OCC(=O)N[C@@H](C)c1ccccc1)N1C(=O)[C@@H]2[C@@H](C1=O)[C@H]1C=C[C@H]2C1. The summed E-state index contributed by atoms with van der Waals surface area (Å²) in [5.41, 5.74) is 0.935. The third-order valence-corrected chi connectivity index (χ3v) is 6.68. The van der Waals surface area contributed by atoms with Crippen molar-refractivity contribution in [2.75, 3.05) is 6.61 Å². The van der Waals surface area contributed by atoms with Crippen LogP contribution in [0.25, 0.3) is 0 Å². The molecule has 0 spiro atoms. The van der Waals surface area contributed by atoms with E-state index in [2.05, 4.69) is 5.32 Å². The van der Waals surface area contributed by atoms with Crippen LogP contribution in [-0.4, -0.2) is 41.2 Å². The van der Waals surface area contributed by atoms with Crippen LogP contribution in [0.5, 0.6) is 0 Å². The van der Waals surface area contributed by atoms with Crippen LogP contribution in [0.4, 0.5) is 0 Å². The van der Waals surface area contributed by atoms with Crippen molar-refractivity contribution in [2.24, 2.45) is 29.6 Å². The molecule has 1 saturated heterocycles. The molecule has 4 rings (SSSR count). The van der Waals surface area contributed by atoms with Gasteiger partial charge >= 0.3 is 5.97 Å². The molecular weight excluding hydrogens is 396 g/mol. The van der Waals surface area contributed by atoms with Gasteiger partial charge in [0.25, 0.3) is 5.91 Å². The molecule has 0 aromatic heterocycles. The third kappa shape index (κ3) is 3.77. The first-order valence-corrected chi connectivity index (χ1v) is 10.9. The molecule has 1 aliphatic heterocycles. The summed E-state index contributed by atoms with van der Waals surface area (Å²) in [6.45, 7) is 4.92. The van der Waals surface area contributed by atoms with Gasteiger partial charge in [-0.2, -0.15) is 0 Å². The number of amides is 3. The maximum absolute atomic E-state index is 13.1. The van der Waals surface area contributed by atoms with Gasteiger partial charge in [0.15, 0.2) is 6.61 Å². The first-order chi connectivity index (χ1) is 14.8. The zero-order valence-corrected chi connectivity index (χ0v) is 18.0. The summed E-state index contributed by atoms with van der Waals surface area (Å²) in [5, 5.41) is 2.79. The number of benzene rings is 1. The van der Waals surface area contributed by atoms with Crippen molar-refractivity contribution >= 4 is 23.7 Å². The number of ether oxygens (including phenoxy) is 1. The van der Waals surface area contributed by atoms with E-state index in [-0.39, 0.29) is 47.4 Å². The molecule has 3 aliphatic rings. The Labute approximate surface area is 181 Å². The number of carbonyl (C=O) groups is 4. The summed E-state index contributed by atoms with van der Waals surface area (Å²) in [6, 6.07) is 8.19. The summed E-state index contributed by atoms with van der Waals surface area (Å²) in [7, 11) is 0. The average Bonchev–Trinajstić information content (AvgIpc) is 3.42. The molecule has 2 bridgehead atoms. The number of rotatable bonds is 7. The molecule has 7 heteroatoms. The minimum absolute atomic E-state index is 0.0746. The van der Waals surface area contributed by atoms with Crippen molar-refractivity contribution in [1.29, 1.82) is 0 Å². The minimum Gasteiger partial charge on any atom is -0.454 e. The Morgan fingerprint density at radius 1 is 1.03 bits per heavy atom. The highest BCUT2D eigenvalue weighted by Crippen LogP contribution is 2.53. The second-order valence-electron chi connectivity index (χ2n) is 9.04. The average molecular weight is 424 g/mol. The van der Waals surface area contributed by atoms with E-state index in [4.69, 9.17) is 4.74 Å². The molecule has 2 aliphatic carbocycles. The summed E-state index contributed by atoms with van der Waals surface area (Å²) >= 11 is 0. The Kier molecular flexibility index (Phi) is 5.69. The highest BCUT2D eigenvalue weighted by atomic mass is 16.5. The summed E-state index contributed by atoms with van der Waals surface area (Å²) in [5.74, 6) is -2.65. The molecule has 0 radical (unpaired) electrons. The van der Waals surface area contributed by atoms with Crippen LogP contribution in [-0.2, 0) is 23.9 Å². The largest absolute Gasteiger partial charge is 0.454 e. The zero-order chi connectivity index (χ0) is 22.3. The molecule has 1 aromatic carbocycles. The second kappa shape index (κ2) is 8.29. The molecule has 1 saturated carbocycles. The van der Waals surface area contributed by atoms with Crippen molar-refractivity contribution in [3.63, 3.8) is 0 Å². The van der Waals surface area contributed by atoms with Crippen LogP contribution in [0.15, 0.2) is 42.5 Å². The topological polar surface area (TPSA) is 92.8 Å². The van der Waals surface area contributed by atoms with Crippen LogP contribution in [0.1, 0.15) is 38.8 Å². The molecule has 6 atom stereocenters. The highest BCUT2D eigenvalue weighted by Gasteiger charge is 2.61. The van der Waals surface area contributed by atoms with Crippen molar-refractivity contribution in [3.05, 3.63) is 48.0 Å². The predicted octanol–water partition coefficient (Wildman–Crippen LogP) is 2.24. The van der Waals surface area contributed by atoms with E-state index in [9.17, 15) is 19.2 Å². The lowest BCUT2D eigenvalue weighted by Gasteiger charge is -2.29. The summed E-state index contributed by atoms with van der Waals surface area (Å²) < 4.78 is 5.25. The molecule has 1 N–H and O–H groups in total. The number of hydrogen-bond acceptors (Lipinski definition) is 5. The van der Waals surface area contributed by atoms with Gasteiger partial charge in [-0.1, -0.05) is 56.3 Å². The number of nitrogens with zero attached hydrogens (tertiary/aromatic N) is 1. The lowest BCUT2D eigenvalue weighted by atomic mass is 9.85. The molecular formula is C24H28N2O5. The molecule has 1 heterocycles. The van der Waals surface area contributed by atoms with Crippen molar-refractivity contribution in [1.82, 2.24) is 10.2 Å². The quantitative estimate of drug-likeness (QED) is 0.412. The van der Waals surface area contributed by atoms with E-state index in [1.807, 2.05) is 49.4 Å². The molecule has 3 amide bonds. The normalized spacial score (nSPS) is 28.1. The maximum atomic E-state index is 13.1. The van der Waals surface area contributed by atoms with Crippen LogP contribution >= 0.6 is 0 Å². The van der Waals surface area contributed by atoms with E-state index < -0.39 is 24.5 Å². The van der Waals surface area contributed by atoms with E-state index in [0.29, 0.717) is 0 Å². The van der Waals surface area contributed by atoms with E-state index in [1.54, 1.807) is 13.8 Å². The number of likely N-dealkylation sites (tertiary alicyclic amines) is 1. The Morgan fingerprint density at radius 3 is 2.16 bits per heavy atom. The standard InChI is InChI=1S/C24H28N2O5/c1-13(2)21(26-22(28)19-16-9-10-17(11-16)20(19)23(26)29)24(30)31-12-18(27)25-14(3)15-7-5-4-6-8-15/h4-10,13-14,16-17,19-21H,11-12H2,1-3H3,(H,25,27)/t14-,16-,17-,19-,20-,21-/m0/s1. The van der Waals surface area contributed by atoms with Gasteiger partial charge in [0.1, 0.15) is 6.04 Å². The third-order valence-electron chi connectivity index (χ3n) is 6.68. The fraction of sp³-hybridized carbons (Fsp3) is 0.500. The molecule has 0 unspecified atom stereocenters. The Hall–Kier alpha value is -2.96. The van der Waals surface area contributed by atoms with Gasteiger partial charge in [0.05, 0.1) is 17.9 Å². The Morgan fingerprint density at radius 2 is 1.61 bits per heavy atom. The van der Waals surface area contributed by atoms with Crippen molar-refractivity contribution in [3.8, 4) is 0 Å². The first-order valence-electron chi connectivity index (χ1n) is 10.9. The Balaban J connectivity index is 1.39. The number of esters is 1. The van der Waals surface area contributed by atoms with Gasteiger partial charge in [-0.15, -0.1) is 0 Å². The van der Waals surface area contributed by atoms with E-state index in [1.165, 1.54) is 0 Å². The lowest BCUT2D eigenvalue weighted by molar-refractivity contribution is -0.162. The van der Waals surface area contributed by atoms with Crippen LogP contribution < -0.4 is 5.32 Å². The lowest BCUT2D eigenvalue weighted by Crippen LogP contribution is -2.50. The molecule has 31 heavy (non-hydrogen) atoms. The van der Waals surface area contributed by atoms with Crippen LogP contribution in [0.2, 0.25) is 0 Å². The zero-order valence-electron chi connectivity index (χ0n) is 18.0. The fourth-order valence-corrected chi connectivity index (χ4v) is 5.21. The molecule has 2 fully saturated rings. The van der Waals surface area contributed by atoms with Gasteiger partial charge in [0.2, 0.25) is 11.8 Å². The van der Waals surface area contributed by atoms with Crippen LogP contribution in [0, 0.1) is 29.6 Å². The van der Waals surface area contributed by atoms with Gasteiger partial charge < -0.3 is 10.1 Å². The van der Waals surface area contributed by atoms with Gasteiger partial charge in [-0.25, -0.2) is 4.79 Å². The maximum Gasteiger partial charge on any atom is 0.330 e. The molecule has 7 nitrogen and oxygen atoms in total. The molecule has 164 valence electrons. The van der Waals surface area contributed by atoms with Crippen molar-refractivity contribution < 1.29 is 23.9 Å². The number of nitrogens with one attached hydrogen (secondary N) is 1. The number of imide groups is 1. The highest BCUT2D eigenvalue weighted by molar-refractivity contribution is 6.09. The van der Waals surface area contributed by atoms with Crippen molar-refractivity contribution in [2.45, 2.75) is 39.3 Å². The van der Waals surface area contributed by atoms with Gasteiger partial charge in [0, 0.05) is 0 Å². The smallest absolute Gasteiger partial charge is 0.330 e. The fourth-order valence-electron chi connectivity index (χ4n) is 5.21. The van der Waals surface area contributed by atoms with Gasteiger partial charge in [-0.3, -0.25) is 19.3 Å². The van der Waals surface area contributed by atoms with Crippen LogP contribution in [0.3, 0.4) is 0 Å². The predicted molar refractivity (Wildman–Crippen MR) is 112 cm³/mol.